The van der Waals surface area contributed by atoms with Gasteiger partial charge in [0, 0.05) is 0 Å². The van der Waals surface area contributed by atoms with Crippen molar-refractivity contribution in [3.05, 3.63) is 34.8 Å². The summed E-state index contributed by atoms with van der Waals surface area (Å²) in [6, 6.07) is 6.00. The summed E-state index contributed by atoms with van der Waals surface area (Å²) in [6.45, 7) is 0.340. The Bertz CT molecular complexity index is 334. The van der Waals surface area contributed by atoms with E-state index in [1.807, 2.05) is 29.3 Å². The van der Waals surface area contributed by atoms with Crippen LogP contribution in [0.2, 0.25) is 0 Å². The molecule has 1 aliphatic rings. The monoisotopic (exact) mass is 240 g/mol. The van der Waals surface area contributed by atoms with E-state index in [-0.39, 0.29) is 0 Å². The summed E-state index contributed by atoms with van der Waals surface area (Å²) in [7, 11) is 0. The van der Waals surface area contributed by atoms with Gasteiger partial charge in [-0.15, -0.1) is 0 Å². The van der Waals surface area contributed by atoms with Gasteiger partial charge in [-0.05, 0) is 29.1 Å². The maximum absolute atomic E-state index is 5.26. The summed E-state index contributed by atoms with van der Waals surface area (Å²) < 4.78 is 10.5. The van der Waals surface area contributed by atoms with Crippen LogP contribution in [0.1, 0.15) is 5.56 Å². The molecule has 0 aliphatic carbocycles. The van der Waals surface area contributed by atoms with E-state index in [0.717, 1.165) is 17.9 Å². The molecule has 0 bridgehead atoms. The van der Waals surface area contributed by atoms with Crippen molar-refractivity contribution in [1.82, 2.24) is 0 Å². The topological polar surface area (TPSA) is 18.5 Å². The smallest absolute Gasteiger partial charge is 0.231 e. The highest BCUT2D eigenvalue weighted by Crippen LogP contribution is 2.32. The molecule has 0 saturated carbocycles. The minimum Gasteiger partial charge on any atom is -0.454 e. The van der Waals surface area contributed by atoms with E-state index in [9.17, 15) is 0 Å². The fourth-order valence-corrected chi connectivity index (χ4v) is 1.44. The van der Waals surface area contributed by atoms with Gasteiger partial charge >= 0.3 is 0 Å². The van der Waals surface area contributed by atoms with Crippen LogP contribution in [0.5, 0.6) is 11.5 Å². The van der Waals surface area contributed by atoms with Crippen molar-refractivity contribution in [2.24, 2.45) is 0 Å². The number of ether oxygens (including phenoxy) is 2. The Hall–Kier alpha value is -0.960. The summed E-state index contributed by atoms with van der Waals surface area (Å²) in [5, 5.41) is 0. The van der Waals surface area contributed by atoms with E-state index in [1.54, 1.807) is 0 Å². The van der Waals surface area contributed by atoms with Crippen molar-refractivity contribution in [2.45, 2.75) is 6.42 Å². The first-order valence-electron chi connectivity index (χ1n) is 4.04. The number of rotatable bonds is 2. The standard InChI is InChI=1S/C10H9BrO2/c11-5-1-2-8-3-4-9-10(6-8)13-7-12-9/h1,3-6H,2,7H2. The number of benzene rings is 1. The Kier molecular flexibility index (Phi) is 2.54. The number of fused-ring (bicyclic) bond motifs is 1. The van der Waals surface area contributed by atoms with Crippen LogP contribution in [0.15, 0.2) is 29.3 Å². The highest BCUT2D eigenvalue weighted by atomic mass is 79.9. The second-order valence-corrected chi connectivity index (χ2v) is 3.28. The molecule has 1 aromatic carbocycles. The van der Waals surface area contributed by atoms with Gasteiger partial charge in [0.25, 0.3) is 0 Å². The largest absolute Gasteiger partial charge is 0.454 e. The van der Waals surface area contributed by atoms with E-state index >= 15 is 0 Å². The first-order valence-corrected chi connectivity index (χ1v) is 4.95. The average molecular weight is 241 g/mol. The van der Waals surface area contributed by atoms with Gasteiger partial charge in [-0.1, -0.05) is 28.1 Å². The second kappa shape index (κ2) is 3.83. The summed E-state index contributed by atoms with van der Waals surface area (Å²) in [5.74, 6) is 1.69. The van der Waals surface area contributed by atoms with Gasteiger partial charge in [-0.25, -0.2) is 0 Å². The zero-order valence-electron chi connectivity index (χ0n) is 7.00. The minimum atomic E-state index is 0.340. The van der Waals surface area contributed by atoms with Gasteiger partial charge in [0.05, 0.1) is 0 Å². The number of allylic oxidation sites excluding steroid dienone is 1. The number of hydrogen-bond acceptors (Lipinski definition) is 2. The van der Waals surface area contributed by atoms with Crippen LogP contribution in [0.3, 0.4) is 0 Å². The average Bonchev–Trinajstić information content (AvgIpc) is 2.61. The first-order chi connectivity index (χ1) is 6.40. The molecule has 0 radical (unpaired) electrons. The van der Waals surface area contributed by atoms with Crippen LogP contribution in [-0.2, 0) is 6.42 Å². The van der Waals surface area contributed by atoms with E-state index in [1.165, 1.54) is 5.56 Å². The maximum atomic E-state index is 5.26. The predicted molar refractivity (Wildman–Crippen MR) is 54.3 cm³/mol. The van der Waals surface area contributed by atoms with Crippen LogP contribution in [-0.4, -0.2) is 6.79 Å². The van der Waals surface area contributed by atoms with Crippen molar-refractivity contribution in [1.29, 1.82) is 0 Å². The maximum Gasteiger partial charge on any atom is 0.231 e. The first kappa shape index (κ1) is 8.63. The molecule has 68 valence electrons. The highest BCUT2D eigenvalue weighted by Gasteiger charge is 2.12. The molecule has 0 amide bonds. The molecule has 0 saturated heterocycles. The van der Waals surface area contributed by atoms with Crippen LogP contribution in [0, 0.1) is 0 Å². The third-order valence-electron chi connectivity index (χ3n) is 1.88. The fourth-order valence-electron chi connectivity index (χ4n) is 1.25. The molecule has 0 fully saturated rings. The molecule has 2 nitrogen and oxygen atoms in total. The molecule has 1 aromatic rings. The van der Waals surface area contributed by atoms with Crippen LogP contribution in [0.4, 0.5) is 0 Å². The Morgan fingerprint density at radius 2 is 2.15 bits per heavy atom. The molecular formula is C10H9BrO2. The number of halogens is 1. The van der Waals surface area contributed by atoms with Gasteiger partial charge in [0.15, 0.2) is 11.5 Å². The van der Waals surface area contributed by atoms with Crippen molar-refractivity contribution < 1.29 is 9.47 Å². The lowest BCUT2D eigenvalue weighted by Crippen LogP contribution is -1.92. The molecule has 0 spiro atoms. The van der Waals surface area contributed by atoms with Crippen molar-refractivity contribution in [3.8, 4) is 11.5 Å². The SMILES string of the molecule is BrC=CCc1ccc2c(c1)OCO2. The van der Waals surface area contributed by atoms with Crippen molar-refractivity contribution in [2.75, 3.05) is 6.79 Å². The normalized spacial score (nSPS) is 13.9. The van der Waals surface area contributed by atoms with Crippen LogP contribution >= 0.6 is 15.9 Å². The molecule has 0 aromatic heterocycles. The lowest BCUT2D eigenvalue weighted by molar-refractivity contribution is 0.174. The summed E-state index contributed by atoms with van der Waals surface area (Å²) in [5.41, 5.74) is 1.22. The van der Waals surface area contributed by atoms with Crippen molar-refractivity contribution >= 4 is 15.9 Å². The Morgan fingerprint density at radius 3 is 3.00 bits per heavy atom. The van der Waals surface area contributed by atoms with E-state index in [0.29, 0.717) is 6.79 Å². The lowest BCUT2D eigenvalue weighted by atomic mass is 10.1. The Balaban J connectivity index is 2.20. The van der Waals surface area contributed by atoms with Crippen molar-refractivity contribution in [3.63, 3.8) is 0 Å². The summed E-state index contributed by atoms with van der Waals surface area (Å²) >= 11 is 3.23. The molecule has 2 rings (SSSR count). The zero-order valence-corrected chi connectivity index (χ0v) is 8.58. The van der Waals surface area contributed by atoms with Gasteiger partial charge in [0.1, 0.15) is 0 Å². The molecule has 1 aliphatic heterocycles. The van der Waals surface area contributed by atoms with Gasteiger partial charge < -0.3 is 9.47 Å². The Morgan fingerprint density at radius 1 is 1.31 bits per heavy atom. The molecule has 0 N–H and O–H groups in total. The fraction of sp³-hybridized carbons (Fsp3) is 0.200. The second-order valence-electron chi connectivity index (χ2n) is 2.75. The lowest BCUT2D eigenvalue weighted by Gasteiger charge is -1.98. The third-order valence-corrected chi connectivity index (χ3v) is 2.25. The highest BCUT2D eigenvalue weighted by molar-refractivity contribution is 9.11. The predicted octanol–water partition coefficient (Wildman–Crippen LogP) is 2.87. The minimum absolute atomic E-state index is 0.340. The van der Waals surface area contributed by atoms with Gasteiger partial charge in [0.2, 0.25) is 6.79 Å². The quantitative estimate of drug-likeness (QED) is 0.792. The molecular weight excluding hydrogens is 232 g/mol. The molecule has 3 heteroatoms. The van der Waals surface area contributed by atoms with E-state index in [4.69, 9.17) is 9.47 Å². The Labute approximate surface area is 85.3 Å². The molecule has 1 heterocycles. The summed E-state index contributed by atoms with van der Waals surface area (Å²) in [6.07, 6.45) is 2.94. The molecule has 0 unspecified atom stereocenters. The van der Waals surface area contributed by atoms with Crippen LogP contribution in [0.25, 0.3) is 0 Å². The van der Waals surface area contributed by atoms with E-state index in [2.05, 4.69) is 15.9 Å². The van der Waals surface area contributed by atoms with Crippen LogP contribution < -0.4 is 9.47 Å². The van der Waals surface area contributed by atoms with Gasteiger partial charge in [-0.3, -0.25) is 0 Å². The summed E-state index contributed by atoms with van der Waals surface area (Å²) in [4.78, 5) is 1.86. The molecule has 0 atom stereocenters. The van der Waals surface area contributed by atoms with Gasteiger partial charge in [-0.2, -0.15) is 0 Å². The molecule has 13 heavy (non-hydrogen) atoms. The van der Waals surface area contributed by atoms with E-state index < -0.39 is 0 Å². The third kappa shape index (κ3) is 1.86. The number of hydrogen-bond donors (Lipinski definition) is 0. The zero-order chi connectivity index (χ0) is 9.10.